The quantitative estimate of drug-likeness (QED) is 0.266. The van der Waals surface area contributed by atoms with E-state index in [0.29, 0.717) is 35.8 Å². The van der Waals surface area contributed by atoms with Crippen molar-refractivity contribution in [3.8, 4) is 5.75 Å². The third-order valence-corrected chi connectivity index (χ3v) is 7.81. The number of nitrogens with zero attached hydrogens (tertiary/aromatic N) is 3. The Morgan fingerprint density at radius 3 is 2.41 bits per heavy atom. The zero-order chi connectivity index (χ0) is 27.8. The van der Waals surface area contributed by atoms with Gasteiger partial charge in [0.05, 0.1) is 29.0 Å². The number of aryl methyl sites for hydroxylation is 1. The maximum Gasteiger partial charge on any atom is 0.194 e. The summed E-state index contributed by atoms with van der Waals surface area (Å²) in [7, 11) is 3.97. The second kappa shape index (κ2) is 14.6. The summed E-state index contributed by atoms with van der Waals surface area (Å²) in [4.78, 5) is 4.47. The van der Waals surface area contributed by atoms with Crippen LogP contribution in [-0.4, -0.2) is 63.3 Å². The molecule has 0 unspecified atom stereocenters. The number of fused-ring (bicyclic) bond motifs is 1. The van der Waals surface area contributed by atoms with Crippen LogP contribution in [0.25, 0.3) is 11.0 Å². The van der Waals surface area contributed by atoms with Gasteiger partial charge >= 0.3 is 0 Å². The van der Waals surface area contributed by atoms with Gasteiger partial charge in [-0.2, -0.15) is 0 Å². The number of benzene rings is 2. The Balaban J connectivity index is 0.00000112. The molecule has 3 heterocycles. The van der Waals surface area contributed by atoms with Crippen LogP contribution in [0.2, 0.25) is 10.0 Å². The molecule has 0 N–H and O–H groups in total. The van der Waals surface area contributed by atoms with E-state index in [1.54, 1.807) is 6.07 Å². The van der Waals surface area contributed by atoms with E-state index in [-0.39, 0.29) is 6.29 Å². The number of rotatable bonds is 9. The molecule has 2 saturated heterocycles. The lowest BCUT2D eigenvalue weighted by molar-refractivity contribution is -0.0661. The van der Waals surface area contributed by atoms with Gasteiger partial charge in [0.2, 0.25) is 0 Å². The van der Waals surface area contributed by atoms with Crippen molar-refractivity contribution in [1.29, 1.82) is 0 Å². The summed E-state index contributed by atoms with van der Waals surface area (Å²) in [6.07, 6.45) is 5.60. The first-order chi connectivity index (χ1) is 18.9. The molecule has 0 atom stereocenters. The third kappa shape index (κ3) is 8.01. The number of aromatic nitrogens is 1. The Kier molecular flexibility index (Phi) is 11.2. The summed E-state index contributed by atoms with van der Waals surface area (Å²) in [5.41, 5.74) is 3.60. The van der Waals surface area contributed by atoms with Crippen molar-refractivity contribution in [2.24, 2.45) is 5.92 Å². The van der Waals surface area contributed by atoms with Gasteiger partial charge in [-0.1, -0.05) is 54.7 Å². The first-order valence-electron chi connectivity index (χ1n) is 14.0. The van der Waals surface area contributed by atoms with Gasteiger partial charge in [0, 0.05) is 26.0 Å². The molecule has 39 heavy (non-hydrogen) atoms. The summed E-state index contributed by atoms with van der Waals surface area (Å²) in [5, 5.41) is 6.55. The average Bonchev–Trinajstić information content (AvgIpc) is 3.59. The minimum absolute atomic E-state index is 0.0493. The normalized spacial score (nSPS) is 16.9. The van der Waals surface area contributed by atoms with Crippen molar-refractivity contribution in [2.75, 3.05) is 51.8 Å². The average molecular weight is 579 g/mol. The van der Waals surface area contributed by atoms with Crippen molar-refractivity contribution in [3.05, 3.63) is 51.6 Å². The van der Waals surface area contributed by atoms with Gasteiger partial charge in [0.15, 0.2) is 11.9 Å². The number of hydrogen-bond donors (Lipinski definition) is 0. The lowest BCUT2D eigenvalue weighted by Crippen LogP contribution is -2.39. The molecule has 5 rings (SSSR count). The van der Waals surface area contributed by atoms with Gasteiger partial charge < -0.3 is 23.6 Å². The van der Waals surface area contributed by atoms with Crippen LogP contribution in [-0.2, 0) is 22.5 Å². The highest BCUT2D eigenvalue weighted by Gasteiger charge is 2.25. The number of hydrogen-bond acceptors (Lipinski definition) is 7. The Morgan fingerprint density at radius 1 is 1.03 bits per heavy atom. The fourth-order valence-corrected chi connectivity index (χ4v) is 5.38. The van der Waals surface area contributed by atoms with Crippen LogP contribution >= 0.6 is 23.2 Å². The molecule has 1 aromatic heterocycles. The lowest BCUT2D eigenvalue weighted by atomic mass is 9.91. The van der Waals surface area contributed by atoms with Gasteiger partial charge in [-0.15, -0.1) is 0 Å². The highest BCUT2D eigenvalue weighted by molar-refractivity contribution is 6.42. The van der Waals surface area contributed by atoms with Crippen molar-refractivity contribution in [2.45, 2.75) is 58.8 Å². The molecule has 2 aliphatic heterocycles. The Bertz CT molecular complexity index is 1190. The smallest absolute Gasteiger partial charge is 0.194 e. The third-order valence-electron chi connectivity index (χ3n) is 7.07. The van der Waals surface area contributed by atoms with Crippen molar-refractivity contribution in [3.63, 3.8) is 0 Å². The van der Waals surface area contributed by atoms with Crippen LogP contribution in [0.3, 0.4) is 0 Å². The van der Waals surface area contributed by atoms with E-state index in [2.05, 4.69) is 30.0 Å². The number of anilines is 1. The highest BCUT2D eigenvalue weighted by atomic mass is 35.5. The summed E-state index contributed by atoms with van der Waals surface area (Å²) < 4.78 is 23.2. The first kappa shape index (κ1) is 29.9. The molecule has 0 saturated carbocycles. The largest absolute Gasteiger partial charge is 0.487 e. The molecule has 9 heteroatoms. The van der Waals surface area contributed by atoms with Gasteiger partial charge in [0.25, 0.3) is 0 Å². The van der Waals surface area contributed by atoms with E-state index in [4.69, 9.17) is 41.9 Å². The number of likely N-dealkylation sites (tertiary alicyclic amines) is 1. The van der Waals surface area contributed by atoms with Gasteiger partial charge in [0.1, 0.15) is 18.0 Å². The Hall–Kier alpha value is -2.03. The first-order valence-corrected chi connectivity index (χ1v) is 14.8. The van der Waals surface area contributed by atoms with E-state index in [9.17, 15) is 0 Å². The van der Waals surface area contributed by atoms with E-state index >= 15 is 0 Å². The highest BCUT2D eigenvalue weighted by Crippen LogP contribution is 2.38. The maximum absolute atomic E-state index is 6.16. The van der Waals surface area contributed by atoms with Crippen LogP contribution in [0, 0.1) is 5.92 Å². The summed E-state index contributed by atoms with van der Waals surface area (Å²) in [6.45, 7) is 9.13. The monoisotopic (exact) mass is 577 g/mol. The number of ether oxygens (including phenoxy) is 3. The number of halogens is 2. The molecule has 214 valence electrons. The second-order valence-electron chi connectivity index (χ2n) is 10.5. The minimum Gasteiger partial charge on any atom is -0.487 e. The molecule has 0 radical (unpaired) electrons. The van der Waals surface area contributed by atoms with Gasteiger partial charge in [-0.3, -0.25) is 4.90 Å². The van der Waals surface area contributed by atoms with Crippen molar-refractivity contribution in [1.82, 2.24) is 10.1 Å². The second-order valence-corrected chi connectivity index (χ2v) is 11.3. The van der Waals surface area contributed by atoms with Crippen LogP contribution in [0.4, 0.5) is 5.69 Å². The summed E-state index contributed by atoms with van der Waals surface area (Å²) >= 11 is 12.2. The van der Waals surface area contributed by atoms with Gasteiger partial charge in [-0.05, 0) is 74.5 Å². The van der Waals surface area contributed by atoms with E-state index < -0.39 is 0 Å². The molecule has 0 bridgehead atoms. The molecule has 0 amide bonds. The Labute approximate surface area is 242 Å². The van der Waals surface area contributed by atoms with Crippen LogP contribution in [0.15, 0.2) is 34.9 Å². The predicted octanol–water partition coefficient (Wildman–Crippen LogP) is 7.21. The fourth-order valence-electron chi connectivity index (χ4n) is 5.06. The van der Waals surface area contributed by atoms with Crippen LogP contribution in [0.1, 0.15) is 50.8 Å². The molecule has 3 aromatic rings. The zero-order valence-corrected chi connectivity index (χ0v) is 25.1. The van der Waals surface area contributed by atoms with Crippen LogP contribution < -0.4 is 9.64 Å². The molecule has 2 fully saturated rings. The lowest BCUT2D eigenvalue weighted by Gasteiger charge is -2.32. The van der Waals surface area contributed by atoms with E-state index in [1.807, 2.05) is 37.2 Å². The predicted molar refractivity (Wildman–Crippen MR) is 158 cm³/mol. The van der Waals surface area contributed by atoms with Gasteiger partial charge in [-0.25, -0.2) is 0 Å². The maximum atomic E-state index is 6.16. The molecule has 0 aliphatic carbocycles. The molecule has 7 nitrogen and oxygen atoms in total. The Morgan fingerprint density at radius 2 is 1.74 bits per heavy atom. The van der Waals surface area contributed by atoms with E-state index in [1.165, 1.54) is 19.3 Å². The summed E-state index contributed by atoms with van der Waals surface area (Å²) in [5.74, 6) is 1.43. The SMILES string of the molecule is CCC.CN(C)c1c(OCc2ccc(Cl)c(Cl)c2)ccc2c(CCC3CCN(CC4OCCO4)CC3)noc12. The van der Waals surface area contributed by atoms with E-state index in [0.717, 1.165) is 66.1 Å². The standard InChI is InChI=1S/C27H33Cl2N3O4.C3H8/c1-31(2)26-24(35-17-19-3-6-21(28)22(29)15-19)8-5-20-23(30-36-27(20)26)7-4-18-9-11-32(12-10-18)16-25-33-13-14-34-25;1-3-2/h3,5-6,8,15,18,25H,4,7,9-14,16-17H2,1-2H3;3H2,1-2H3. The molecule has 2 aromatic carbocycles. The molecular weight excluding hydrogens is 537 g/mol. The van der Waals surface area contributed by atoms with Crippen molar-refractivity contribution >= 4 is 39.9 Å². The molecule has 2 aliphatic rings. The zero-order valence-electron chi connectivity index (χ0n) is 23.6. The fraction of sp³-hybridized carbons (Fsp3) is 0.567. The minimum atomic E-state index is -0.0493. The topological polar surface area (TPSA) is 60.2 Å². The molecule has 0 spiro atoms. The van der Waals surface area contributed by atoms with Crippen molar-refractivity contribution < 1.29 is 18.7 Å². The molecular formula is C30H41Cl2N3O4. The number of piperidine rings is 1. The summed E-state index contributed by atoms with van der Waals surface area (Å²) in [6, 6.07) is 9.58. The van der Waals surface area contributed by atoms with Crippen LogP contribution in [0.5, 0.6) is 5.75 Å².